The van der Waals surface area contributed by atoms with Crippen molar-refractivity contribution in [3.05, 3.63) is 60.2 Å². The van der Waals surface area contributed by atoms with E-state index in [2.05, 4.69) is 10.6 Å². The number of hydrogen-bond acceptors (Lipinski definition) is 4. The highest BCUT2D eigenvalue weighted by molar-refractivity contribution is 7.89. The zero-order valence-electron chi connectivity index (χ0n) is 16.8. The van der Waals surface area contributed by atoms with Gasteiger partial charge in [-0.25, -0.2) is 8.42 Å². The predicted octanol–water partition coefficient (Wildman–Crippen LogP) is 3.54. The van der Waals surface area contributed by atoms with Gasteiger partial charge in [-0.1, -0.05) is 43.2 Å². The third-order valence-corrected chi connectivity index (χ3v) is 7.10. The smallest absolute Gasteiger partial charge is 0.243 e. The molecule has 2 aromatic rings. The number of benzene rings is 2. The van der Waals surface area contributed by atoms with Crippen LogP contribution in [0.4, 0.5) is 5.69 Å². The summed E-state index contributed by atoms with van der Waals surface area (Å²) in [5.74, 6) is -0.123. The molecule has 1 saturated heterocycles. The number of carbonyl (C=O) groups excluding carboxylic acids is 1. The minimum Gasteiger partial charge on any atom is -0.376 e. The van der Waals surface area contributed by atoms with Gasteiger partial charge in [0, 0.05) is 18.8 Å². The fourth-order valence-electron chi connectivity index (χ4n) is 3.48. The van der Waals surface area contributed by atoms with Gasteiger partial charge in [0.15, 0.2) is 0 Å². The first-order valence-corrected chi connectivity index (χ1v) is 11.6. The van der Waals surface area contributed by atoms with Gasteiger partial charge in [-0.2, -0.15) is 4.31 Å². The maximum absolute atomic E-state index is 12.8. The third kappa shape index (κ3) is 5.81. The van der Waals surface area contributed by atoms with Gasteiger partial charge in [-0.05, 0) is 49.6 Å². The average molecular weight is 416 g/mol. The van der Waals surface area contributed by atoms with Crippen molar-refractivity contribution < 1.29 is 13.2 Å². The number of sulfonamides is 1. The van der Waals surface area contributed by atoms with Crippen LogP contribution in [0.2, 0.25) is 0 Å². The third-order valence-electron chi connectivity index (χ3n) is 5.19. The number of nitrogens with one attached hydrogen (secondary N) is 2. The Morgan fingerprint density at radius 2 is 1.59 bits per heavy atom. The lowest BCUT2D eigenvalue weighted by molar-refractivity contribution is -0.120. The van der Waals surface area contributed by atoms with E-state index in [1.54, 1.807) is 28.6 Å². The van der Waals surface area contributed by atoms with Crippen molar-refractivity contribution in [2.24, 2.45) is 0 Å². The molecule has 1 fully saturated rings. The van der Waals surface area contributed by atoms with Crippen LogP contribution in [0, 0.1) is 0 Å². The average Bonchev–Trinajstić information content (AvgIpc) is 3.03. The summed E-state index contributed by atoms with van der Waals surface area (Å²) in [7, 11) is -3.45. The van der Waals surface area contributed by atoms with Crippen LogP contribution in [0.15, 0.2) is 59.5 Å². The number of carbonyl (C=O) groups is 1. The summed E-state index contributed by atoms with van der Waals surface area (Å²) in [6.07, 6.45) is 3.99. The number of amides is 1. The van der Waals surface area contributed by atoms with E-state index in [0.717, 1.165) is 31.2 Å². The van der Waals surface area contributed by atoms with Crippen molar-refractivity contribution >= 4 is 21.6 Å². The molecule has 0 unspecified atom stereocenters. The zero-order valence-corrected chi connectivity index (χ0v) is 17.6. The van der Waals surface area contributed by atoms with E-state index in [1.165, 1.54) is 0 Å². The topological polar surface area (TPSA) is 78.5 Å². The molecule has 6 nitrogen and oxygen atoms in total. The Hall–Kier alpha value is -2.38. The maximum Gasteiger partial charge on any atom is 0.243 e. The van der Waals surface area contributed by atoms with Crippen molar-refractivity contribution in [3.8, 4) is 0 Å². The number of anilines is 1. The van der Waals surface area contributed by atoms with Gasteiger partial charge >= 0.3 is 0 Å². The van der Waals surface area contributed by atoms with Crippen LogP contribution >= 0.6 is 0 Å². The lowest BCUT2D eigenvalue weighted by atomic mass is 10.1. The van der Waals surface area contributed by atoms with Gasteiger partial charge in [0.1, 0.15) is 0 Å². The molecule has 0 aromatic heterocycles. The van der Waals surface area contributed by atoms with E-state index >= 15 is 0 Å². The molecular weight excluding hydrogens is 386 g/mol. The molecule has 1 aliphatic heterocycles. The van der Waals surface area contributed by atoms with Crippen molar-refractivity contribution in [1.29, 1.82) is 0 Å². The van der Waals surface area contributed by atoms with E-state index in [4.69, 9.17) is 0 Å². The van der Waals surface area contributed by atoms with Crippen LogP contribution in [-0.2, 0) is 14.8 Å². The molecule has 1 atom stereocenters. The normalized spacial score (nSPS) is 16.6. The predicted molar refractivity (Wildman–Crippen MR) is 115 cm³/mol. The monoisotopic (exact) mass is 415 g/mol. The van der Waals surface area contributed by atoms with E-state index in [-0.39, 0.29) is 18.5 Å². The molecule has 0 spiro atoms. The second-order valence-electron chi connectivity index (χ2n) is 7.40. The van der Waals surface area contributed by atoms with Crippen LogP contribution in [0.5, 0.6) is 0 Å². The summed E-state index contributed by atoms with van der Waals surface area (Å²) in [5.41, 5.74) is 1.76. The fraction of sp³-hybridized carbons (Fsp3) is 0.409. The molecule has 2 aromatic carbocycles. The van der Waals surface area contributed by atoms with Crippen LogP contribution in [-0.4, -0.2) is 38.3 Å². The van der Waals surface area contributed by atoms with Crippen molar-refractivity contribution in [3.63, 3.8) is 0 Å². The molecule has 1 aliphatic rings. The second-order valence-corrected chi connectivity index (χ2v) is 9.33. The fourth-order valence-corrected chi connectivity index (χ4v) is 4.99. The molecule has 0 radical (unpaired) electrons. The number of nitrogens with zero attached hydrogens (tertiary/aromatic N) is 1. The van der Waals surface area contributed by atoms with Gasteiger partial charge in [-0.15, -0.1) is 0 Å². The Labute approximate surface area is 173 Å². The van der Waals surface area contributed by atoms with Gasteiger partial charge < -0.3 is 10.6 Å². The summed E-state index contributed by atoms with van der Waals surface area (Å²) in [6, 6.07) is 16.3. The van der Waals surface area contributed by atoms with Gasteiger partial charge in [-0.3, -0.25) is 4.79 Å². The highest BCUT2D eigenvalue weighted by atomic mass is 32.2. The summed E-state index contributed by atoms with van der Waals surface area (Å²) in [4.78, 5) is 12.5. The largest absolute Gasteiger partial charge is 0.376 e. The van der Waals surface area contributed by atoms with Crippen molar-refractivity contribution in [1.82, 2.24) is 9.62 Å². The quantitative estimate of drug-likeness (QED) is 0.725. The summed E-state index contributed by atoms with van der Waals surface area (Å²) >= 11 is 0. The Kier molecular flexibility index (Phi) is 7.28. The molecule has 29 heavy (non-hydrogen) atoms. The minimum absolute atomic E-state index is 0.0772. The lowest BCUT2D eigenvalue weighted by Crippen LogP contribution is -2.32. The molecule has 1 amide bonds. The van der Waals surface area contributed by atoms with E-state index in [9.17, 15) is 13.2 Å². The van der Waals surface area contributed by atoms with E-state index < -0.39 is 10.0 Å². The summed E-state index contributed by atoms with van der Waals surface area (Å²) in [5, 5.41) is 6.00. The first-order chi connectivity index (χ1) is 14.0. The molecule has 0 aliphatic carbocycles. The Morgan fingerprint density at radius 3 is 2.21 bits per heavy atom. The molecular formula is C22H29N3O3S. The van der Waals surface area contributed by atoms with Crippen molar-refractivity contribution in [2.45, 2.75) is 43.5 Å². The van der Waals surface area contributed by atoms with Crippen LogP contribution in [0.3, 0.4) is 0 Å². The molecule has 156 valence electrons. The van der Waals surface area contributed by atoms with Crippen LogP contribution in [0.1, 0.15) is 44.2 Å². The second kappa shape index (κ2) is 9.89. The molecule has 0 bridgehead atoms. The summed E-state index contributed by atoms with van der Waals surface area (Å²) < 4.78 is 27.2. The number of hydrogen-bond donors (Lipinski definition) is 2. The van der Waals surface area contributed by atoms with Gasteiger partial charge in [0.05, 0.1) is 17.5 Å². The van der Waals surface area contributed by atoms with Crippen LogP contribution < -0.4 is 10.6 Å². The SMILES string of the molecule is C[C@@H](NC(=O)CNc1ccc(S(=O)(=O)N2CCCCCC2)cc1)c1ccccc1. The number of rotatable bonds is 7. The highest BCUT2D eigenvalue weighted by Crippen LogP contribution is 2.21. The van der Waals surface area contributed by atoms with Crippen molar-refractivity contribution in [2.75, 3.05) is 25.0 Å². The van der Waals surface area contributed by atoms with Gasteiger partial charge in [0.2, 0.25) is 15.9 Å². The molecule has 3 rings (SSSR count). The Morgan fingerprint density at radius 1 is 0.966 bits per heavy atom. The highest BCUT2D eigenvalue weighted by Gasteiger charge is 2.24. The molecule has 2 N–H and O–H groups in total. The van der Waals surface area contributed by atoms with E-state index in [0.29, 0.717) is 23.7 Å². The zero-order chi connectivity index (χ0) is 20.7. The standard InChI is InChI=1S/C22H29N3O3S/c1-18(19-9-5-4-6-10-19)24-22(26)17-23-20-11-13-21(14-12-20)29(27,28)25-15-7-2-3-8-16-25/h4-6,9-14,18,23H,2-3,7-8,15-17H2,1H3,(H,24,26)/t18-/m1/s1. The minimum atomic E-state index is -3.45. The van der Waals surface area contributed by atoms with Crippen LogP contribution in [0.25, 0.3) is 0 Å². The molecule has 0 saturated carbocycles. The molecule has 1 heterocycles. The molecule has 7 heteroatoms. The lowest BCUT2D eigenvalue weighted by Gasteiger charge is -2.20. The Bertz CT molecular complexity index is 891. The summed E-state index contributed by atoms with van der Waals surface area (Å²) in [6.45, 7) is 3.23. The maximum atomic E-state index is 12.8. The van der Waals surface area contributed by atoms with Gasteiger partial charge in [0.25, 0.3) is 0 Å². The first kappa shape index (κ1) is 21.3. The Balaban J connectivity index is 1.54. The first-order valence-electron chi connectivity index (χ1n) is 10.2. The van der Waals surface area contributed by atoms with E-state index in [1.807, 2.05) is 37.3 Å².